The third kappa shape index (κ3) is 18.1. The van der Waals surface area contributed by atoms with E-state index in [1.54, 1.807) is 10.5 Å². The van der Waals surface area contributed by atoms with Gasteiger partial charge in [0.05, 0.1) is 0 Å². The standard InChI is InChI=1S/C14H21N.C13H19N.C12H16N2O.5C2H6/c1-11(2)15-14-10-6-4-8-12-7-3-5-9-13(12)14;1-10(2)14-13-9-5-7-11-6-3-4-8-12(11)13;1-8(2)13-11-9-6-4-5-7-10(9)14(3)12(11)15;5*1-2/h3,5,7,9,11,14-15H,4,6,8,10H2,1-2H3;3-4,6,8,10,13-14H,5,7,9H2,1-2H3;4-8,11,13H,1-3H3;5*1-2H3. The van der Waals surface area contributed by atoms with Crippen LogP contribution < -0.4 is 20.9 Å². The first kappa shape index (κ1) is 53.1. The first-order valence-corrected chi connectivity index (χ1v) is 22.0. The highest BCUT2D eigenvalue weighted by Gasteiger charge is 2.34. The maximum absolute atomic E-state index is 12.0. The fourth-order valence-electron chi connectivity index (χ4n) is 6.80. The molecule has 3 aromatic rings. The van der Waals surface area contributed by atoms with Crippen molar-refractivity contribution < 1.29 is 4.79 Å². The van der Waals surface area contributed by atoms with Crippen molar-refractivity contribution in [3.8, 4) is 0 Å². The number of fused-ring (bicyclic) bond motifs is 3. The van der Waals surface area contributed by atoms with Crippen LogP contribution in [0.25, 0.3) is 0 Å². The van der Waals surface area contributed by atoms with Gasteiger partial charge in [-0.25, -0.2) is 0 Å². The number of rotatable bonds is 6. The molecule has 3 aromatic carbocycles. The van der Waals surface area contributed by atoms with Gasteiger partial charge in [0, 0.05) is 48.5 Å². The predicted octanol–water partition coefficient (Wildman–Crippen LogP) is 13.3. The van der Waals surface area contributed by atoms with Crippen LogP contribution in [0.1, 0.15) is 189 Å². The Morgan fingerprint density at radius 2 is 0.870 bits per heavy atom. The maximum Gasteiger partial charge on any atom is 0.248 e. The Hall–Kier alpha value is -2.99. The van der Waals surface area contributed by atoms with Gasteiger partial charge < -0.3 is 15.5 Å². The molecular formula is C49H86N4O. The van der Waals surface area contributed by atoms with Gasteiger partial charge in [-0.3, -0.25) is 10.1 Å². The molecule has 2 aliphatic carbocycles. The molecule has 0 saturated carbocycles. The Kier molecular flexibility index (Phi) is 31.7. The van der Waals surface area contributed by atoms with Crippen LogP contribution in [0, 0.1) is 0 Å². The lowest BCUT2D eigenvalue weighted by Gasteiger charge is -2.28. The summed E-state index contributed by atoms with van der Waals surface area (Å²) in [7, 11) is 1.82. The average Bonchev–Trinajstić information content (AvgIpc) is 3.32. The SMILES string of the molecule is CC.CC.CC.CC.CC.CC(C)NC1C(=O)N(C)c2ccccc21.CC(C)NC1CCCCc2ccccc21.CC(C)NC1CCCc2ccccc21. The second kappa shape index (κ2) is 32.3. The third-order valence-corrected chi connectivity index (χ3v) is 8.74. The molecule has 0 spiro atoms. The number of benzene rings is 3. The summed E-state index contributed by atoms with van der Waals surface area (Å²) in [6.45, 7) is 33.0. The van der Waals surface area contributed by atoms with Gasteiger partial charge in [0.1, 0.15) is 6.04 Å². The van der Waals surface area contributed by atoms with E-state index in [0.717, 1.165) is 11.3 Å². The molecular weight excluding hydrogens is 661 g/mol. The zero-order valence-corrected chi connectivity index (χ0v) is 38.2. The van der Waals surface area contributed by atoms with Crippen molar-refractivity contribution >= 4 is 11.6 Å². The van der Waals surface area contributed by atoms with E-state index in [4.69, 9.17) is 0 Å². The van der Waals surface area contributed by atoms with Crippen molar-refractivity contribution in [2.24, 2.45) is 0 Å². The van der Waals surface area contributed by atoms with Gasteiger partial charge >= 0.3 is 0 Å². The number of para-hydroxylation sites is 1. The maximum atomic E-state index is 12.0. The molecule has 0 aromatic heterocycles. The number of aryl methyl sites for hydroxylation is 2. The van der Waals surface area contributed by atoms with E-state index >= 15 is 0 Å². The number of nitrogens with one attached hydrogen (secondary N) is 3. The van der Waals surface area contributed by atoms with E-state index in [1.165, 1.54) is 61.6 Å². The van der Waals surface area contributed by atoms with E-state index in [-0.39, 0.29) is 11.9 Å². The molecule has 1 heterocycles. The van der Waals surface area contributed by atoms with Gasteiger partial charge in [-0.15, -0.1) is 0 Å². The van der Waals surface area contributed by atoms with Crippen molar-refractivity contribution in [2.75, 3.05) is 11.9 Å². The Bertz CT molecular complexity index is 1330. The highest BCUT2D eigenvalue weighted by atomic mass is 16.2. The smallest absolute Gasteiger partial charge is 0.248 e. The van der Waals surface area contributed by atoms with Gasteiger partial charge in [0.15, 0.2) is 0 Å². The average molecular weight is 747 g/mol. The van der Waals surface area contributed by atoms with E-state index in [9.17, 15) is 4.79 Å². The largest absolute Gasteiger partial charge is 0.313 e. The molecule has 3 N–H and O–H groups in total. The number of carbonyl (C=O) groups is 1. The van der Waals surface area contributed by atoms with E-state index < -0.39 is 0 Å². The molecule has 1 amide bonds. The normalized spacial score (nSPS) is 17.4. The highest BCUT2D eigenvalue weighted by molar-refractivity contribution is 6.04. The molecule has 0 fully saturated rings. The lowest BCUT2D eigenvalue weighted by Crippen LogP contribution is -2.35. The number of hydrogen-bond acceptors (Lipinski definition) is 4. The Balaban J connectivity index is 0. The number of amides is 1. The zero-order chi connectivity index (χ0) is 41.6. The molecule has 5 heteroatoms. The number of hydrogen-bond donors (Lipinski definition) is 3. The van der Waals surface area contributed by atoms with Gasteiger partial charge in [-0.2, -0.15) is 0 Å². The monoisotopic (exact) mass is 747 g/mol. The molecule has 54 heavy (non-hydrogen) atoms. The van der Waals surface area contributed by atoms with E-state index in [2.05, 4.69) is 92.2 Å². The summed E-state index contributed by atoms with van der Waals surface area (Å²) < 4.78 is 0. The minimum absolute atomic E-state index is 0.130. The minimum atomic E-state index is -0.175. The Morgan fingerprint density at radius 3 is 1.31 bits per heavy atom. The second-order valence-electron chi connectivity index (χ2n) is 13.5. The van der Waals surface area contributed by atoms with Crippen molar-refractivity contribution in [1.82, 2.24) is 16.0 Å². The molecule has 5 nitrogen and oxygen atoms in total. The summed E-state index contributed by atoms with van der Waals surface area (Å²) in [6.07, 6.45) is 9.09. The predicted molar refractivity (Wildman–Crippen MR) is 243 cm³/mol. The van der Waals surface area contributed by atoms with Crippen LogP contribution >= 0.6 is 0 Å². The van der Waals surface area contributed by atoms with Gasteiger partial charge in [-0.1, -0.05) is 170 Å². The second-order valence-corrected chi connectivity index (χ2v) is 13.5. The lowest BCUT2D eigenvalue weighted by atomic mass is 9.87. The molecule has 3 atom stereocenters. The molecule has 6 rings (SSSR count). The number of anilines is 1. The summed E-state index contributed by atoms with van der Waals surface area (Å²) in [5, 5.41) is 10.6. The van der Waals surface area contributed by atoms with Crippen molar-refractivity contribution in [1.29, 1.82) is 0 Å². The van der Waals surface area contributed by atoms with Crippen LogP contribution in [-0.2, 0) is 17.6 Å². The van der Waals surface area contributed by atoms with Crippen LogP contribution in [0.15, 0.2) is 72.8 Å². The fraction of sp³-hybridized carbons (Fsp3) is 0.612. The quantitative estimate of drug-likeness (QED) is 0.220. The van der Waals surface area contributed by atoms with Gasteiger partial charge in [0.25, 0.3) is 0 Å². The molecule has 308 valence electrons. The first-order chi connectivity index (χ1) is 26.2. The van der Waals surface area contributed by atoms with Crippen molar-refractivity contribution in [2.45, 2.75) is 192 Å². The summed E-state index contributed by atoms with van der Waals surface area (Å²) in [5.41, 5.74) is 8.24. The first-order valence-electron chi connectivity index (χ1n) is 22.0. The molecule has 0 bridgehead atoms. The topological polar surface area (TPSA) is 56.4 Å². The lowest BCUT2D eigenvalue weighted by molar-refractivity contribution is -0.119. The summed E-state index contributed by atoms with van der Waals surface area (Å²) >= 11 is 0. The van der Waals surface area contributed by atoms with Crippen LogP contribution in [0.3, 0.4) is 0 Å². The van der Waals surface area contributed by atoms with Crippen LogP contribution in [0.2, 0.25) is 0 Å². The van der Waals surface area contributed by atoms with Gasteiger partial charge in [-0.05, 0) is 80.7 Å². The van der Waals surface area contributed by atoms with Crippen LogP contribution in [0.5, 0.6) is 0 Å². The third-order valence-electron chi connectivity index (χ3n) is 8.74. The van der Waals surface area contributed by atoms with Crippen molar-refractivity contribution in [3.63, 3.8) is 0 Å². The molecule has 0 saturated heterocycles. The Labute approximate surface area is 335 Å². The van der Waals surface area contributed by atoms with Crippen LogP contribution in [-0.4, -0.2) is 31.1 Å². The molecule has 3 aliphatic rings. The number of nitrogens with zero attached hydrogens (tertiary/aromatic N) is 1. The Morgan fingerprint density at radius 1 is 0.500 bits per heavy atom. The molecule has 3 unspecified atom stereocenters. The van der Waals surface area contributed by atoms with E-state index in [0.29, 0.717) is 30.2 Å². The highest BCUT2D eigenvalue weighted by Crippen LogP contribution is 2.34. The number of carbonyl (C=O) groups excluding carboxylic acids is 1. The molecule has 0 radical (unpaired) electrons. The number of likely N-dealkylation sites (N-methyl/N-ethyl adjacent to an activating group) is 1. The zero-order valence-electron chi connectivity index (χ0n) is 38.2. The van der Waals surface area contributed by atoms with E-state index in [1.807, 2.05) is 114 Å². The van der Waals surface area contributed by atoms with Gasteiger partial charge in [0.2, 0.25) is 5.91 Å². The molecule has 1 aliphatic heterocycles. The summed E-state index contributed by atoms with van der Waals surface area (Å²) in [4.78, 5) is 13.7. The van der Waals surface area contributed by atoms with Crippen molar-refractivity contribution in [3.05, 3.63) is 101 Å². The summed E-state index contributed by atoms with van der Waals surface area (Å²) in [6, 6.07) is 28.1. The summed E-state index contributed by atoms with van der Waals surface area (Å²) in [5.74, 6) is 0.130. The van der Waals surface area contributed by atoms with Crippen LogP contribution in [0.4, 0.5) is 5.69 Å². The fourth-order valence-corrected chi connectivity index (χ4v) is 6.80. The minimum Gasteiger partial charge on any atom is -0.313 e.